The number of para-hydroxylation sites is 1. The van der Waals surface area contributed by atoms with Gasteiger partial charge in [-0.25, -0.2) is 0 Å². The summed E-state index contributed by atoms with van der Waals surface area (Å²) in [6.45, 7) is 0. The summed E-state index contributed by atoms with van der Waals surface area (Å²) in [6, 6.07) is 7.52. The molecule has 1 heterocycles. The molecule has 1 N–H and O–H groups in total. The van der Waals surface area contributed by atoms with Gasteiger partial charge in [0.2, 0.25) is 5.78 Å². The third-order valence-electron chi connectivity index (χ3n) is 1.79. The molecule has 0 bridgehead atoms. The third-order valence-corrected chi connectivity index (χ3v) is 2.42. The molecule has 1 aromatic carbocycles. The number of hydrogen-bond acceptors (Lipinski definition) is 2. The number of rotatable bonds is 0. The Hall–Kier alpha value is -0.840. The van der Waals surface area contributed by atoms with Crippen molar-refractivity contribution in [1.29, 1.82) is 0 Å². The van der Waals surface area contributed by atoms with Crippen molar-refractivity contribution in [2.45, 2.75) is 0 Å². The zero-order valence-electron chi connectivity index (χ0n) is 6.17. The summed E-state index contributed by atoms with van der Waals surface area (Å²) >= 11 is 2.06. The van der Waals surface area contributed by atoms with Crippen LogP contribution in [0.2, 0.25) is 0 Å². The Bertz CT molecular complexity index is 371. The van der Waals surface area contributed by atoms with Crippen LogP contribution in [0.15, 0.2) is 34.0 Å². The van der Waals surface area contributed by atoms with E-state index in [4.69, 9.17) is 0 Å². The lowest BCUT2D eigenvalue weighted by molar-refractivity contribution is 0.104. The monoisotopic (exact) mass is 271 g/mol. The molecule has 0 fully saturated rings. The van der Waals surface area contributed by atoms with Gasteiger partial charge < -0.3 is 5.32 Å². The molecule has 12 heavy (non-hydrogen) atoms. The van der Waals surface area contributed by atoms with E-state index in [0.29, 0.717) is 5.70 Å². The summed E-state index contributed by atoms with van der Waals surface area (Å²) in [5, 5.41) is 3.04. The number of hydrogen-bond donors (Lipinski definition) is 1. The van der Waals surface area contributed by atoms with E-state index in [9.17, 15) is 4.79 Å². The smallest absolute Gasteiger partial charge is 0.211 e. The average Bonchev–Trinajstić information content (AvgIpc) is 2.44. The second kappa shape index (κ2) is 2.90. The Morgan fingerprint density at radius 3 is 2.75 bits per heavy atom. The van der Waals surface area contributed by atoms with E-state index in [1.165, 1.54) is 0 Å². The summed E-state index contributed by atoms with van der Waals surface area (Å²) in [5.74, 6) is 0.0833. The maximum atomic E-state index is 11.5. The third kappa shape index (κ3) is 1.04. The number of halogens is 1. The van der Waals surface area contributed by atoms with E-state index in [1.807, 2.05) is 24.3 Å². The molecular formula is C9H6INO. The molecule has 0 saturated heterocycles. The predicted molar refractivity (Wildman–Crippen MR) is 56.5 cm³/mol. The number of fused-ring (bicyclic) bond motifs is 1. The van der Waals surface area contributed by atoms with Crippen molar-refractivity contribution < 1.29 is 4.79 Å². The number of anilines is 1. The van der Waals surface area contributed by atoms with E-state index in [2.05, 4.69) is 27.9 Å². The Kier molecular flexibility index (Phi) is 1.88. The highest BCUT2D eigenvalue weighted by Gasteiger charge is 2.22. The number of ketones is 1. The summed E-state index contributed by atoms with van der Waals surface area (Å²) in [5.41, 5.74) is 2.34. The van der Waals surface area contributed by atoms with Gasteiger partial charge in [-0.2, -0.15) is 0 Å². The molecule has 2 nitrogen and oxygen atoms in total. The molecule has 1 aliphatic heterocycles. The minimum Gasteiger partial charge on any atom is -0.351 e. The first kappa shape index (κ1) is 7.79. The number of carbonyl (C=O) groups excluding carboxylic acids is 1. The molecular weight excluding hydrogens is 265 g/mol. The topological polar surface area (TPSA) is 29.1 Å². The number of nitrogens with one attached hydrogen (secondary N) is 1. The van der Waals surface area contributed by atoms with Crippen LogP contribution in [0.5, 0.6) is 0 Å². The van der Waals surface area contributed by atoms with Crippen LogP contribution < -0.4 is 5.32 Å². The molecule has 2 rings (SSSR count). The molecule has 1 aliphatic rings. The Morgan fingerprint density at radius 2 is 2.08 bits per heavy atom. The fourth-order valence-electron chi connectivity index (χ4n) is 1.21. The van der Waals surface area contributed by atoms with Crippen LogP contribution in [0.1, 0.15) is 10.4 Å². The SMILES string of the molecule is O=C1C(=CI)Nc2ccccc21. The quantitative estimate of drug-likeness (QED) is 0.580. The van der Waals surface area contributed by atoms with Crippen molar-refractivity contribution in [2.75, 3.05) is 5.32 Å². The van der Waals surface area contributed by atoms with Gasteiger partial charge in [-0.05, 0) is 12.1 Å². The fraction of sp³-hybridized carbons (Fsp3) is 0. The molecule has 0 aromatic heterocycles. The van der Waals surface area contributed by atoms with Crippen LogP contribution in [-0.2, 0) is 0 Å². The van der Waals surface area contributed by atoms with E-state index in [0.717, 1.165) is 11.3 Å². The minimum atomic E-state index is 0.0833. The van der Waals surface area contributed by atoms with Crippen LogP contribution in [0.3, 0.4) is 0 Å². The lowest BCUT2D eigenvalue weighted by Gasteiger charge is -1.94. The van der Waals surface area contributed by atoms with Gasteiger partial charge in [0.05, 0.1) is 5.70 Å². The zero-order chi connectivity index (χ0) is 8.55. The standard InChI is InChI=1S/C9H6INO/c10-5-8-9(12)6-3-1-2-4-7(6)11-8/h1-5,11H. The summed E-state index contributed by atoms with van der Waals surface area (Å²) in [6.07, 6.45) is 0. The van der Waals surface area contributed by atoms with Gasteiger partial charge in [0, 0.05) is 15.3 Å². The molecule has 60 valence electrons. The van der Waals surface area contributed by atoms with Crippen LogP contribution in [-0.4, -0.2) is 5.78 Å². The van der Waals surface area contributed by atoms with E-state index in [1.54, 1.807) is 4.08 Å². The lowest BCUT2D eigenvalue weighted by atomic mass is 10.1. The number of allylic oxidation sites excluding steroid dienone is 1. The second-order valence-corrected chi connectivity index (χ2v) is 3.15. The van der Waals surface area contributed by atoms with Crippen molar-refractivity contribution in [2.24, 2.45) is 0 Å². The maximum absolute atomic E-state index is 11.5. The summed E-state index contributed by atoms with van der Waals surface area (Å²) in [4.78, 5) is 11.5. The van der Waals surface area contributed by atoms with Crippen molar-refractivity contribution in [3.63, 3.8) is 0 Å². The normalized spacial score (nSPS) is 17.8. The molecule has 0 radical (unpaired) electrons. The summed E-state index contributed by atoms with van der Waals surface area (Å²) < 4.78 is 1.76. The van der Waals surface area contributed by atoms with Crippen molar-refractivity contribution in [3.8, 4) is 0 Å². The predicted octanol–water partition coefficient (Wildman–Crippen LogP) is 2.57. The van der Waals surface area contributed by atoms with Gasteiger partial charge in [-0.1, -0.05) is 34.7 Å². The Labute approximate surface area is 83.8 Å². The van der Waals surface area contributed by atoms with Crippen LogP contribution in [0, 0.1) is 0 Å². The molecule has 0 unspecified atom stereocenters. The minimum absolute atomic E-state index is 0.0833. The van der Waals surface area contributed by atoms with Gasteiger partial charge >= 0.3 is 0 Å². The van der Waals surface area contributed by atoms with Gasteiger partial charge in [0.15, 0.2) is 0 Å². The first-order valence-corrected chi connectivity index (χ1v) is 4.78. The molecule has 0 aliphatic carbocycles. The molecule has 0 atom stereocenters. The molecule has 3 heteroatoms. The maximum Gasteiger partial charge on any atom is 0.211 e. The van der Waals surface area contributed by atoms with Gasteiger partial charge in [-0.3, -0.25) is 4.79 Å². The second-order valence-electron chi connectivity index (χ2n) is 2.52. The van der Waals surface area contributed by atoms with Crippen LogP contribution >= 0.6 is 22.6 Å². The highest BCUT2D eigenvalue weighted by Crippen LogP contribution is 2.27. The van der Waals surface area contributed by atoms with Crippen LogP contribution in [0.25, 0.3) is 0 Å². The van der Waals surface area contributed by atoms with Crippen molar-refractivity contribution >= 4 is 34.1 Å². The van der Waals surface area contributed by atoms with E-state index >= 15 is 0 Å². The lowest BCUT2D eigenvalue weighted by Crippen LogP contribution is -1.97. The average molecular weight is 271 g/mol. The zero-order valence-corrected chi connectivity index (χ0v) is 8.33. The van der Waals surface area contributed by atoms with Gasteiger partial charge in [0.1, 0.15) is 0 Å². The first-order chi connectivity index (χ1) is 5.83. The Balaban J connectivity index is 2.56. The fourth-order valence-corrected chi connectivity index (χ4v) is 1.65. The highest BCUT2D eigenvalue weighted by atomic mass is 127. The molecule has 0 amide bonds. The van der Waals surface area contributed by atoms with Gasteiger partial charge in [-0.15, -0.1) is 0 Å². The highest BCUT2D eigenvalue weighted by molar-refractivity contribution is 14.1. The number of benzene rings is 1. The first-order valence-electron chi connectivity index (χ1n) is 3.54. The van der Waals surface area contributed by atoms with Crippen molar-refractivity contribution in [3.05, 3.63) is 39.6 Å². The van der Waals surface area contributed by atoms with Crippen LogP contribution in [0.4, 0.5) is 5.69 Å². The Morgan fingerprint density at radius 1 is 1.33 bits per heavy atom. The van der Waals surface area contributed by atoms with Crippen molar-refractivity contribution in [1.82, 2.24) is 0 Å². The molecule has 0 saturated carbocycles. The number of Topliss-reactive ketones (excluding diaryl/α,β-unsaturated/α-hetero) is 1. The largest absolute Gasteiger partial charge is 0.351 e. The van der Waals surface area contributed by atoms with E-state index in [-0.39, 0.29) is 5.78 Å². The van der Waals surface area contributed by atoms with E-state index < -0.39 is 0 Å². The number of carbonyl (C=O) groups is 1. The van der Waals surface area contributed by atoms with Gasteiger partial charge in [0.25, 0.3) is 0 Å². The molecule has 0 spiro atoms. The summed E-state index contributed by atoms with van der Waals surface area (Å²) in [7, 11) is 0. The molecule has 1 aromatic rings.